The number of hydrogen-bond donors (Lipinski definition) is 1. The van der Waals surface area contributed by atoms with E-state index in [2.05, 4.69) is 0 Å². The second-order valence-corrected chi connectivity index (χ2v) is 10.5. The molecule has 0 spiro atoms. The summed E-state index contributed by atoms with van der Waals surface area (Å²) in [5.41, 5.74) is -1.56. The van der Waals surface area contributed by atoms with E-state index in [1.165, 1.54) is 19.3 Å². The minimum absolute atomic E-state index is 0.0306. The zero-order valence-electron chi connectivity index (χ0n) is 21.2. The number of Topliss-reactive ketones (excluding diaryl/α,β-unsaturated/α-hetero) is 1. The normalized spacial score (nSPS) is 23.9. The average Bonchev–Trinajstić information content (AvgIpc) is 3.30. The zero-order chi connectivity index (χ0) is 26.1. The molecular weight excluding hydrogens is 446 g/mol. The molecule has 1 atom stereocenters. The topological polar surface area (TPSA) is 106 Å². The predicted octanol–water partition coefficient (Wildman–Crippen LogP) is 4.76. The second-order valence-electron chi connectivity index (χ2n) is 10.5. The van der Waals surface area contributed by atoms with E-state index in [9.17, 15) is 20.0 Å². The van der Waals surface area contributed by atoms with Gasteiger partial charge in [-0.05, 0) is 50.1 Å². The van der Waals surface area contributed by atoms with Crippen LogP contribution in [0.1, 0.15) is 46.6 Å². The van der Waals surface area contributed by atoms with Crippen LogP contribution >= 0.6 is 0 Å². The molecule has 1 aliphatic carbocycles. The highest BCUT2D eigenvalue weighted by Gasteiger charge is 2.52. The van der Waals surface area contributed by atoms with E-state index in [0.717, 1.165) is 5.56 Å². The van der Waals surface area contributed by atoms with Crippen molar-refractivity contribution in [3.63, 3.8) is 0 Å². The minimum atomic E-state index is -1.30. The standard InChI is InChI=1S/C28H33NO6/c1-25(2)18-27(5,16-20(17-29)24(25)32)11-10-23(31)26(3,4)28(34-13-14-35-28)12-9-19-7-8-21(30)22(15-19)33-6/h7-12,15-16,30H,13-14,18H2,1-6H3/b11-10+,12-9?/t27-/m0/s1. The summed E-state index contributed by atoms with van der Waals surface area (Å²) < 4.78 is 17.1. The largest absolute Gasteiger partial charge is 0.504 e. The number of rotatable bonds is 7. The molecule has 1 aromatic carbocycles. The summed E-state index contributed by atoms with van der Waals surface area (Å²) in [6.07, 6.45) is 8.88. The van der Waals surface area contributed by atoms with Crippen molar-refractivity contribution in [2.24, 2.45) is 16.2 Å². The van der Waals surface area contributed by atoms with E-state index < -0.39 is 22.0 Å². The number of aromatic hydroxyl groups is 1. The van der Waals surface area contributed by atoms with Crippen LogP contribution in [0.4, 0.5) is 0 Å². The molecule has 0 bridgehead atoms. The fourth-order valence-corrected chi connectivity index (χ4v) is 4.78. The molecule has 0 aromatic heterocycles. The maximum Gasteiger partial charge on any atom is 0.200 e. The van der Waals surface area contributed by atoms with Gasteiger partial charge in [-0.15, -0.1) is 0 Å². The van der Waals surface area contributed by atoms with Gasteiger partial charge in [0, 0.05) is 10.8 Å². The van der Waals surface area contributed by atoms with E-state index in [-0.39, 0.29) is 22.9 Å². The fourth-order valence-electron chi connectivity index (χ4n) is 4.78. The summed E-state index contributed by atoms with van der Waals surface area (Å²) in [4.78, 5) is 26.0. The van der Waals surface area contributed by atoms with Gasteiger partial charge >= 0.3 is 0 Å². The van der Waals surface area contributed by atoms with Gasteiger partial charge in [-0.1, -0.05) is 45.1 Å². The number of ketones is 2. The molecule has 1 aromatic rings. The number of phenols is 1. The van der Waals surface area contributed by atoms with E-state index in [4.69, 9.17) is 14.2 Å². The molecule has 1 fully saturated rings. The van der Waals surface area contributed by atoms with Crippen molar-refractivity contribution in [2.75, 3.05) is 20.3 Å². The summed E-state index contributed by atoms with van der Waals surface area (Å²) in [5, 5.41) is 19.3. The molecule has 35 heavy (non-hydrogen) atoms. The van der Waals surface area contributed by atoms with Crippen molar-refractivity contribution in [2.45, 2.75) is 46.8 Å². The quantitative estimate of drug-likeness (QED) is 0.562. The molecule has 0 saturated carbocycles. The minimum Gasteiger partial charge on any atom is -0.504 e. The molecule has 1 N–H and O–H groups in total. The Morgan fingerprint density at radius 1 is 1.20 bits per heavy atom. The van der Waals surface area contributed by atoms with Gasteiger partial charge in [-0.2, -0.15) is 5.26 Å². The summed E-state index contributed by atoms with van der Waals surface area (Å²) in [5.74, 6) is -1.33. The number of allylic oxidation sites excluding steroid dienone is 4. The third-order valence-corrected chi connectivity index (χ3v) is 6.79. The molecule has 1 aliphatic heterocycles. The van der Waals surface area contributed by atoms with Gasteiger partial charge in [-0.25, -0.2) is 0 Å². The maximum absolute atomic E-state index is 13.5. The number of nitriles is 1. The zero-order valence-corrected chi connectivity index (χ0v) is 21.2. The highest BCUT2D eigenvalue weighted by Crippen LogP contribution is 2.45. The summed E-state index contributed by atoms with van der Waals surface area (Å²) >= 11 is 0. The van der Waals surface area contributed by atoms with Crippen LogP contribution in [-0.4, -0.2) is 42.8 Å². The molecule has 0 radical (unpaired) electrons. The van der Waals surface area contributed by atoms with Crippen molar-refractivity contribution in [1.29, 1.82) is 5.26 Å². The van der Waals surface area contributed by atoms with Crippen molar-refractivity contribution >= 4 is 17.6 Å². The Kier molecular flexibility index (Phi) is 7.12. The highest BCUT2D eigenvalue weighted by atomic mass is 16.7. The molecule has 7 heteroatoms. The predicted molar refractivity (Wildman–Crippen MR) is 131 cm³/mol. The van der Waals surface area contributed by atoms with Gasteiger partial charge in [0.05, 0.1) is 31.3 Å². The van der Waals surface area contributed by atoms with Gasteiger partial charge < -0.3 is 19.3 Å². The van der Waals surface area contributed by atoms with E-state index in [1.54, 1.807) is 50.3 Å². The Balaban J connectivity index is 1.90. The van der Waals surface area contributed by atoms with Gasteiger partial charge in [0.15, 0.2) is 23.1 Å². The molecule has 186 valence electrons. The number of carbonyl (C=O) groups excluding carboxylic acids is 2. The third kappa shape index (κ3) is 5.09. The van der Waals surface area contributed by atoms with E-state index in [0.29, 0.717) is 25.4 Å². The monoisotopic (exact) mass is 479 g/mol. The summed E-state index contributed by atoms with van der Waals surface area (Å²) in [6.45, 7) is 9.75. The molecule has 7 nitrogen and oxygen atoms in total. The first-order valence-electron chi connectivity index (χ1n) is 11.5. The highest BCUT2D eigenvalue weighted by molar-refractivity contribution is 6.04. The Morgan fingerprint density at radius 2 is 1.86 bits per heavy atom. The molecule has 0 unspecified atom stereocenters. The molecule has 3 rings (SSSR count). The van der Waals surface area contributed by atoms with Crippen LogP contribution in [0, 0.1) is 27.6 Å². The lowest BCUT2D eigenvalue weighted by molar-refractivity contribution is -0.191. The molecule has 1 saturated heterocycles. The number of phenolic OH excluding ortho intramolecular Hbond substituents is 1. The third-order valence-electron chi connectivity index (χ3n) is 6.79. The maximum atomic E-state index is 13.5. The smallest absolute Gasteiger partial charge is 0.200 e. The Bertz CT molecular complexity index is 1140. The summed E-state index contributed by atoms with van der Waals surface area (Å²) in [7, 11) is 1.47. The lowest BCUT2D eigenvalue weighted by Crippen LogP contribution is -2.48. The Labute approximate surface area is 206 Å². The van der Waals surface area contributed by atoms with E-state index in [1.807, 2.05) is 26.8 Å². The Morgan fingerprint density at radius 3 is 2.46 bits per heavy atom. The number of nitrogens with zero attached hydrogens (tertiary/aromatic N) is 1. The van der Waals surface area contributed by atoms with Crippen molar-refractivity contribution < 1.29 is 28.9 Å². The van der Waals surface area contributed by atoms with Crippen LogP contribution in [0.25, 0.3) is 6.08 Å². The van der Waals surface area contributed by atoms with Crippen molar-refractivity contribution in [1.82, 2.24) is 0 Å². The van der Waals surface area contributed by atoms with E-state index >= 15 is 0 Å². The molecule has 1 heterocycles. The number of carbonyl (C=O) groups is 2. The van der Waals surface area contributed by atoms with Gasteiger partial charge in [0.2, 0.25) is 5.79 Å². The number of methoxy groups -OCH3 is 1. The Hall–Kier alpha value is -3.21. The first-order chi connectivity index (χ1) is 16.3. The van der Waals surface area contributed by atoms with Gasteiger partial charge in [-0.3, -0.25) is 9.59 Å². The number of ether oxygens (including phenoxy) is 3. The number of hydrogen-bond acceptors (Lipinski definition) is 7. The van der Waals surface area contributed by atoms with Crippen molar-refractivity contribution in [3.05, 3.63) is 53.6 Å². The van der Waals surface area contributed by atoms with Crippen molar-refractivity contribution in [3.8, 4) is 17.6 Å². The average molecular weight is 480 g/mol. The fraction of sp³-hybridized carbons (Fsp3) is 0.464. The number of benzene rings is 1. The molecule has 0 amide bonds. The second kappa shape index (κ2) is 9.44. The van der Waals surface area contributed by atoms with Gasteiger partial charge in [0.25, 0.3) is 0 Å². The molecular formula is C28H33NO6. The van der Waals surface area contributed by atoms with Crippen LogP contribution < -0.4 is 4.74 Å². The summed E-state index contributed by atoms with van der Waals surface area (Å²) in [6, 6.07) is 6.92. The van der Waals surface area contributed by atoms with Crippen LogP contribution in [-0.2, 0) is 19.1 Å². The lowest BCUT2D eigenvalue weighted by atomic mass is 9.65. The lowest BCUT2D eigenvalue weighted by Gasteiger charge is -2.39. The van der Waals surface area contributed by atoms with Crippen LogP contribution in [0.5, 0.6) is 11.5 Å². The van der Waals surface area contributed by atoms with Gasteiger partial charge in [0.1, 0.15) is 6.07 Å². The van der Waals surface area contributed by atoms with Crippen LogP contribution in [0.3, 0.4) is 0 Å². The van der Waals surface area contributed by atoms with Crippen LogP contribution in [0.15, 0.2) is 48.1 Å². The molecule has 2 aliphatic rings. The van der Waals surface area contributed by atoms with Crippen LogP contribution in [0.2, 0.25) is 0 Å². The SMILES string of the molecule is COc1cc(C=CC2(C(C)(C)C(=O)/C=C/[C@@]3(C)C=C(C#N)C(=O)C(C)(C)C3)OCCO2)ccc1O. The first-order valence-corrected chi connectivity index (χ1v) is 11.5. The first kappa shape index (κ1) is 26.4.